The molecule has 2 atom stereocenters. The number of nitrogens with one attached hydrogen (secondary N) is 2. The Labute approximate surface area is 292 Å². The number of alkyl halides is 6. The van der Waals surface area contributed by atoms with Gasteiger partial charge in [0.2, 0.25) is 0 Å². The summed E-state index contributed by atoms with van der Waals surface area (Å²) in [4.78, 5) is 42.4. The lowest BCUT2D eigenvalue weighted by molar-refractivity contribution is -0.903. The molecule has 0 aliphatic carbocycles. The SMILES string of the molecule is CCCCCCNC(=O)C[N+](C)(CCO)CCCCCC[N+](C)(CCO)CC(=O)NCCCCCC.O=C([O-])C(F)(F)F.O=C([O-])C(F)(F)F. The lowest BCUT2D eigenvalue weighted by Gasteiger charge is -2.34. The number of carbonyl (C=O) groups is 4. The van der Waals surface area contributed by atoms with Crippen LogP contribution in [-0.2, 0) is 19.2 Å². The normalized spacial score (nSPS) is 13.8. The first-order chi connectivity index (χ1) is 23.1. The average Bonchev–Trinajstić information content (AvgIpc) is 2.98. The molecule has 0 aliphatic rings. The van der Waals surface area contributed by atoms with Crippen LogP contribution in [-0.4, -0.2) is 135 Å². The highest BCUT2D eigenvalue weighted by atomic mass is 19.4. The summed E-state index contributed by atoms with van der Waals surface area (Å²) < 4.78 is 64.2. The molecule has 2 unspecified atom stereocenters. The van der Waals surface area contributed by atoms with E-state index in [-0.39, 0.29) is 25.0 Å². The van der Waals surface area contributed by atoms with Crippen LogP contribution in [0.1, 0.15) is 90.9 Å². The molecule has 0 aliphatic heterocycles. The number of amides is 2. The Bertz CT molecular complexity index is 856. The summed E-state index contributed by atoms with van der Waals surface area (Å²) in [6.45, 7) is 9.72. The van der Waals surface area contributed by atoms with Gasteiger partial charge in [0.05, 0.1) is 40.4 Å². The summed E-state index contributed by atoms with van der Waals surface area (Å²) in [5.41, 5.74) is 0. The van der Waals surface area contributed by atoms with Crippen LogP contribution in [0.3, 0.4) is 0 Å². The summed E-state index contributed by atoms with van der Waals surface area (Å²) in [6, 6.07) is 0. The fourth-order valence-electron chi connectivity index (χ4n) is 4.73. The van der Waals surface area contributed by atoms with Crippen molar-refractivity contribution in [1.82, 2.24) is 10.6 Å². The molecule has 0 rings (SSSR count). The molecule has 18 heteroatoms. The summed E-state index contributed by atoms with van der Waals surface area (Å²) in [5, 5.41) is 42.7. The lowest BCUT2D eigenvalue weighted by atomic mass is 10.1. The summed E-state index contributed by atoms with van der Waals surface area (Å²) in [6.07, 6.45) is 2.87. The van der Waals surface area contributed by atoms with Gasteiger partial charge in [-0.05, 0) is 38.5 Å². The maximum Gasteiger partial charge on any atom is 0.430 e. The molecule has 298 valence electrons. The monoisotopic (exact) mass is 742 g/mol. The van der Waals surface area contributed by atoms with Gasteiger partial charge in [-0.2, -0.15) is 26.3 Å². The molecule has 0 heterocycles. The Morgan fingerprint density at radius 1 is 0.540 bits per heavy atom. The Kier molecular flexibility index (Phi) is 29.9. The van der Waals surface area contributed by atoms with E-state index in [9.17, 15) is 46.1 Å². The van der Waals surface area contributed by atoms with Crippen molar-refractivity contribution in [3.8, 4) is 0 Å². The molecule has 0 bridgehead atoms. The van der Waals surface area contributed by atoms with Crippen molar-refractivity contribution in [3.05, 3.63) is 0 Å². The first-order valence-corrected chi connectivity index (χ1v) is 17.1. The van der Waals surface area contributed by atoms with Crippen LogP contribution in [0.15, 0.2) is 0 Å². The number of carboxylic acid groups (broad SMARTS) is 2. The predicted octanol–water partition coefficient (Wildman–Crippen LogP) is 1.41. The van der Waals surface area contributed by atoms with E-state index in [2.05, 4.69) is 38.6 Å². The molecule has 2 amide bonds. The first-order valence-electron chi connectivity index (χ1n) is 17.1. The molecule has 0 fully saturated rings. The minimum atomic E-state index is -5.19. The number of halogens is 6. The fourth-order valence-corrected chi connectivity index (χ4v) is 4.73. The van der Waals surface area contributed by atoms with Crippen LogP contribution >= 0.6 is 0 Å². The van der Waals surface area contributed by atoms with Crippen molar-refractivity contribution < 1.29 is 74.9 Å². The van der Waals surface area contributed by atoms with Gasteiger partial charge in [-0.15, -0.1) is 0 Å². The molecule has 0 aromatic carbocycles. The van der Waals surface area contributed by atoms with E-state index in [1.807, 2.05) is 0 Å². The molecule has 0 saturated heterocycles. The van der Waals surface area contributed by atoms with Crippen molar-refractivity contribution in [2.75, 3.05) is 79.7 Å². The third-order valence-electron chi connectivity index (χ3n) is 7.64. The van der Waals surface area contributed by atoms with Gasteiger partial charge >= 0.3 is 12.4 Å². The van der Waals surface area contributed by atoms with E-state index in [1.54, 1.807) is 0 Å². The van der Waals surface area contributed by atoms with E-state index in [0.29, 0.717) is 35.1 Å². The smallest absolute Gasteiger partial charge is 0.430 e. The van der Waals surface area contributed by atoms with Crippen LogP contribution < -0.4 is 20.8 Å². The first kappa shape index (κ1) is 51.7. The van der Waals surface area contributed by atoms with E-state index in [4.69, 9.17) is 19.8 Å². The van der Waals surface area contributed by atoms with Crippen molar-refractivity contribution in [2.45, 2.75) is 103 Å². The lowest BCUT2D eigenvalue weighted by Crippen LogP contribution is -2.53. The minimum absolute atomic E-state index is 0.0724. The topological polar surface area (TPSA) is 179 Å². The Balaban J connectivity index is -0.00000131. The fraction of sp³-hybridized carbons (Fsp3) is 0.875. The summed E-state index contributed by atoms with van der Waals surface area (Å²) in [5.74, 6) is -5.87. The molecule has 0 aromatic rings. The van der Waals surface area contributed by atoms with Crippen LogP contribution in [0.25, 0.3) is 0 Å². The van der Waals surface area contributed by atoms with E-state index in [1.165, 1.54) is 25.7 Å². The van der Waals surface area contributed by atoms with Gasteiger partial charge in [-0.1, -0.05) is 52.4 Å². The number of rotatable bonds is 25. The molecular weight excluding hydrogens is 682 g/mol. The van der Waals surface area contributed by atoms with Crippen LogP contribution in [0.5, 0.6) is 0 Å². The number of carboxylic acids is 2. The second-order valence-electron chi connectivity index (χ2n) is 12.7. The zero-order chi connectivity index (χ0) is 39.3. The quantitative estimate of drug-likeness (QED) is 0.0617. The molecular formula is C32H60F6N4O8. The van der Waals surface area contributed by atoms with Crippen LogP contribution in [0.2, 0.25) is 0 Å². The highest BCUT2D eigenvalue weighted by Gasteiger charge is 2.30. The highest BCUT2D eigenvalue weighted by Crippen LogP contribution is 2.13. The van der Waals surface area contributed by atoms with Crippen molar-refractivity contribution >= 4 is 23.8 Å². The Morgan fingerprint density at radius 2 is 0.820 bits per heavy atom. The van der Waals surface area contributed by atoms with Gasteiger partial charge in [0.25, 0.3) is 11.8 Å². The molecule has 4 N–H and O–H groups in total. The largest absolute Gasteiger partial charge is 0.542 e. The zero-order valence-corrected chi connectivity index (χ0v) is 30.1. The number of unbranched alkanes of at least 4 members (excludes halogenated alkanes) is 9. The van der Waals surface area contributed by atoms with Crippen molar-refractivity contribution in [3.63, 3.8) is 0 Å². The number of hydrogen-bond donors (Lipinski definition) is 4. The minimum Gasteiger partial charge on any atom is -0.542 e. The predicted molar refractivity (Wildman–Crippen MR) is 171 cm³/mol. The van der Waals surface area contributed by atoms with E-state index >= 15 is 0 Å². The standard InChI is InChI=1S/C28H58N4O4.2C2HF3O2/c1-5-7-9-13-17-29-27(35)25-31(3,21-23-33)19-15-11-12-16-20-32(4,22-24-34)26-28(36)30-18-14-10-8-6-2;2*3-2(4,5)1(6)7/h33-34H,5-26H2,1-4H3;2*(H,6,7). The molecule has 0 aromatic heterocycles. The van der Waals surface area contributed by atoms with Crippen molar-refractivity contribution in [1.29, 1.82) is 0 Å². The molecule has 50 heavy (non-hydrogen) atoms. The third-order valence-corrected chi connectivity index (χ3v) is 7.64. The Morgan fingerprint density at radius 3 is 1.06 bits per heavy atom. The number of aliphatic hydroxyl groups is 2. The maximum atomic E-state index is 12.4. The number of aliphatic hydroxyl groups excluding tert-OH is 2. The van der Waals surface area contributed by atoms with Gasteiger partial charge in [-0.25, -0.2) is 0 Å². The van der Waals surface area contributed by atoms with E-state index < -0.39 is 24.3 Å². The molecule has 0 saturated carbocycles. The van der Waals surface area contributed by atoms with Gasteiger partial charge in [0.15, 0.2) is 13.1 Å². The van der Waals surface area contributed by atoms with Crippen LogP contribution in [0.4, 0.5) is 26.3 Å². The van der Waals surface area contributed by atoms with Gasteiger partial charge < -0.3 is 49.6 Å². The third kappa shape index (κ3) is 32.5. The second kappa shape index (κ2) is 28.9. The number of carbonyl (C=O) groups excluding carboxylic acids is 4. The summed E-state index contributed by atoms with van der Waals surface area (Å²) >= 11 is 0. The van der Waals surface area contributed by atoms with Gasteiger partial charge in [0, 0.05) is 13.1 Å². The molecule has 0 spiro atoms. The Hall–Kier alpha value is -2.70. The van der Waals surface area contributed by atoms with Gasteiger partial charge in [-0.3, -0.25) is 9.59 Å². The van der Waals surface area contributed by atoms with Gasteiger partial charge in [0.1, 0.15) is 25.0 Å². The van der Waals surface area contributed by atoms with E-state index in [0.717, 1.165) is 77.5 Å². The number of aliphatic carboxylic acids is 2. The summed E-state index contributed by atoms with van der Waals surface area (Å²) in [7, 11) is 4.12. The van der Waals surface area contributed by atoms with Crippen molar-refractivity contribution in [2.24, 2.45) is 0 Å². The molecule has 12 nitrogen and oxygen atoms in total. The maximum absolute atomic E-state index is 12.4. The number of likely N-dealkylation sites (N-methyl/N-ethyl adjacent to an activating group) is 2. The molecule has 0 radical (unpaired) electrons. The second-order valence-corrected chi connectivity index (χ2v) is 12.7. The van der Waals surface area contributed by atoms with Crippen LogP contribution in [0, 0.1) is 0 Å². The number of nitrogens with zero attached hydrogens (tertiary/aromatic N) is 2. The zero-order valence-electron chi connectivity index (χ0n) is 30.1. The average molecular weight is 743 g/mol. The highest BCUT2D eigenvalue weighted by molar-refractivity contribution is 5.77. The number of hydrogen-bond acceptors (Lipinski definition) is 8. The number of quaternary nitrogens is 2.